The average Bonchev–Trinajstić information content (AvgIpc) is 3.21. The fourth-order valence-electron chi connectivity index (χ4n) is 4.41. The number of aryl methyl sites for hydroxylation is 3. The molecule has 0 fully saturated rings. The molecule has 0 atom stereocenters. The van der Waals surface area contributed by atoms with Gasteiger partial charge in [0.05, 0.1) is 17.6 Å². The van der Waals surface area contributed by atoms with Crippen LogP contribution in [0, 0.1) is 13.8 Å². The molecule has 0 aliphatic carbocycles. The lowest BCUT2D eigenvalue weighted by Gasteiger charge is -2.12. The summed E-state index contributed by atoms with van der Waals surface area (Å²) in [4.78, 5) is 4.86. The minimum absolute atomic E-state index is 0.437. The van der Waals surface area contributed by atoms with Crippen LogP contribution in [0.2, 0.25) is 0 Å². The highest BCUT2D eigenvalue weighted by Crippen LogP contribution is 2.23. The van der Waals surface area contributed by atoms with Crippen LogP contribution in [0.1, 0.15) is 29.8 Å². The predicted octanol–water partition coefficient (Wildman–Crippen LogP) is 7.24. The third-order valence-corrected chi connectivity index (χ3v) is 6.19. The standard InChI is InChI=1S/C30H30N2O2/c1-22-13-16-29(23(2)19-22)33-18-8-7-17-32-28-12-6-5-11-27(28)31-30(32)21-34-26-15-14-24-9-3-4-10-25(24)20-26/h3-6,9-16,19-20H,7-8,17-18,21H2,1-2H3. The molecular formula is C30H30N2O2. The van der Waals surface area contributed by atoms with E-state index >= 15 is 0 Å². The van der Waals surface area contributed by atoms with Gasteiger partial charge in [0, 0.05) is 6.54 Å². The van der Waals surface area contributed by atoms with Gasteiger partial charge in [-0.2, -0.15) is 0 Å². The first-order valence-corrected chi connectivity index (χ1v) is 11.9. The highest BCUT2D eigenvalue weighted by atomic mass is 16.5. The van der Waals surface area contributed by atoms with Crippen molar-refractivity contribution in [2.24, 2.45) is 0 Å². The molecule has 0 aliphatic heterocycles. The average molecular weight is 451 g/mol. The van der Waals surface area contributed by atoms with E-state index in [-0.39, 0.29) is 0 Å². The first-order chi connectivity index (χ1) is 16.7. The number of benzene rings is 4. The van der Waals surface area contributed by atoms with E-state index < -0.39 is 0 Å². The first-order valence-electron chi connectivity index (χ1n) is 11.9. The van der Waals surface area contributed by atoms with Gasteiger partial charge >= 0.3 is 0 Å². The van der Waals surface area contributed by atoms with Crippen LogP contribution in [0.5, 0.6) is 11.5 Å². The van der Waals surface area contributed by atoms with Crippen LogP contribution in [-0.4, -0.2) is 16.2 Å². The summed E-state index contributed by atoms with van der Waals surface area (Å²) in [6, 6.07) is 29.2. The number of hydrogen-bond donors (Lipinski definition) is 0. The number of rotatable bonds is 9. The van der Waals surface area contributed by atoms with Gasteiger partial charge in [-0.05, 0) is 73.4 Å². The molecule has 0 radical (unpaired) electrons. The van der Waals surface area contributed by atoms with Crippen molar-refractivity contribution < 1.29 is 9.47 Å². The Morgan fingerprint density at radius 2 is 1.59 bits per heavy atom. The second-order valence-electron chi connectivity index (χ2n) is 8.79. The van der Waals surface area contributed by atoms with Gasteiger partial charge in [0.15, 0.2) is 0 Å². The van der Waals surface area contributed by atoms with Crippen molar-refractivity contribution in [2.45, 2.75) is 39.8 Å². The molecule has 0 amide bonds. The van der Waals surface area contributed by atoms with Crippen molar-refractivity contribution in [3.8, 4) is 11.5 Å². The third kappa shape index (κ3) is 4.91. The lowest BCUT2D eigenvalue weighted by molar-refractivity contribution is 0.285. The zero-order valence-electron chi connectivity index (χ0n) is 19.8. The van der Waals surface area contributed by atoms with Gasteiger partial charge in [-0.1, -0.05) is 60.2 Å². The zero-order valence-corrected chi connectivity index (χ0v) is 19.8. The Balaban J connectivity index is 1.24. The van der Waals surface area contributed by atoms with E-state index in [9.17, 15) is 0 Å². The van der Waals surface area contributed by atoms with Gasteiger partial charge in [0.2, 0.25) is 0 Å². The Morgan fingerprint density at radius 3 is 2.47 bits per heavy atom. The summed E-state index contributed by atoms with van der Waals surface area (Å²) in [6.07, 6.45) is 1.99. The molecule has 4 aromatic carbocycles. The van der Waals surface area contributed by atoms with Crippen LogP contribution >= 0.6 is 0 Å². The molecule has 172 valence electrons. The minimum Gasteiger partial charge on any atom is -0.493 e. The molecule has 0 saturated carbocycles. The van der Waals surface area contributed by atoms with Crippen LogP contribution in [0.25, 0.3) is 21.8 Å². The molecule has 4 heteroatoms. The Bertz CT molecular complexity index is 1420. The van der Waals surface area contributed by atoms with Crippen LogP contribution < -0.4 is 9.47 Å². The quantitative estimate of drug-likeness (QED) is 0.222. The van der Waals surface area contributed by atoms with Crippen LogP contribution in [0.3, 0.4) is 0 Å². The number of unbranched alkanes of at least 4 members (excludes halogenated alkanes) is 1. The van der Waals surface area contributed by atoms with Crippen LogP contribution in [-0.2, 0) is 13.2 Å². The van der Waals surface area contributed by atoms with E-state index in [0.717, 1.165) is 47.7 Å². The van der Waals surface area contributed by atoms with E-state index in [0.29, 0.717) is 13.2 Å². The first kappa shape index (κ1) is 22.0. The molecule has 4 nitrogen and oxygen atoms in total. The summed E-state index contributed by atoms with van der Waals surface area (Å²) >= 11 is 0. The maximum Gasteiger partial charge on any atom is 0.147 e. The lowest BCUT2D eigenvalue weighted by atomic mass is 10.1. The molecule has 5 aromatic rings. The number of para-hydroxylation sites is 2. The molecule has 0 spiro atoms. The minimum atomic E-state index is 0.437. The fraction of sp³-hybridized carbons (Fsp3) is 0.233. The van der Waals surface area contributed by atoms with Crippen molar-refractivity contribution in [1.29, 1.82) is 0 Å². The fourth-order valence-corrected chi connectivity index (χ4v) is 4.41. The molecule has 1 aromatic heterocycles. The van der Waals surface area contributed by atoms with Gasteiger partial charge in [0.25, 0.3) is 0 Å². The Labute approximate surface area is 200 Å². The van der Waals surface area contributed by atoms with E-state index in [4.69, 9.17) is 14.5 Å². The van der Waals surface area contributed by atoms with Crippen molar-refractivity contribution >= 4 is 21.8 Å². The SMILES string of the molecule is Cc1ccc(OCCCCn2c(COc3ccc4ccccc4c3)nc3ccccc32)c(C)c1. The zero-order chi connectivity index (χ0) is 23.3. The number of nitrogens with zero attached hydrogens (tertiary/aromatic N) is 2. The van der Waals surface area contributed by atoms with Crippen molar-refractivity contribution in [1.82, 2.24) is 9.55 Å². The van der Waals surface area contributed by atoms with E-state index in [1.54, 1.807) is 0 Å². The summed E-state index contributed by atoms with van der Waals surface area (Å²) in [7, 11) is 0. The molecule has 0 aliphatic rings. The smallest absolute Gasteiger partial charge is 0.147 e. The molecule has 0 saturated heterocycles. The topological polar surface area (TPSA) is 36.3 Å². The normalized spacial score (nSPS) is 11.2. The number of imidazole rings is 1. The molecule has 34 heavy (non-hydrogen) atoms. The number of hydrogen-bond acceptors (Lipinski definition) is 3. The molecule has 0 N–H and O–H groups in total. The van der Waals surface area contributed by atoms with Gasteiger partial charge in [0.1, 0.15) is 23.9 Å². The maximum absolute atomic E-state index is 6.17. The van der Waals surface area contributed by atoms with Crippen molar-refractivity contribution in [2.75, 3.05) is 6.61 Å². The van der Waals surface area contributed by atoms with Gasteiger partial charge in [-0.3, -0.25) is 0 Å². The number of ether oxygens (including phenoxy) is 2. The summed E-state index contributed by atoms with van der Waals surface area (Å²) in [5, 5.41) is 2.39. The number of aromatic nitrogens is 2. The maximum atomic E-state index is 6.17. The Hall–Kier alpha value is -3.79. The predicted molar refractivity (Wildman–Crippen MR) is 139 cm³/mol. The lowest BCUT2D eigenvalue weighted by Crippen LogP contribution is -2.09. The highest BCUT2D eigenvalue weighted by Gasteiger charge is 2.11. The van der Waals surface area contributed by atoms with Crippen molar-refractivity contribution in [3.05, 3.63) is 102 Å². The second kappa shape index (κ2) is 10.0. The van der Waals surface area contributed by atoms with E-state index in [1.165, 1.54) is 21.9 Å². The second-order valence-corrected chi connectivity index (χ2v) is 8.79. The van der Waals surface area contributed by atoms with E-state index in [1.807, 2.05) is 12.1 Å². The number of fused-ring (bicyclic) bond motifs is 2. The summed E-state index contributed by atoms with van der Waals surface area (Å²) in [5.41, 5.74) is 4.60. The van der Waals surface area contributed by atoms with Crippen molar-refractivity contribution in [3.63, 3.8) is 0 Å². The van der Waals surface area contributed by atoms with Crippen LogP contribution in [0.15, 0.2) is 84.9 Å². The van der Waals surface area contributed by atoms with Crippen LogP contribution in [0.4, 0.5) is 0 Å². The Morgan fingerprint density at radius 1 is 0.765 bits per heavy atom. The van der Waals surface area contributed by atoms with E-state index in [2.05, 4.69) is 91.2 Å². The molecule has 1 heterocycles. The van der Waals surface area contributed by atoms with Gasteiger partial charge < -0.3 is 14.0 Å². The third-order valence-electron chi connectivity index (χ3n) is 6.19. The molecule has 0 bridgehead atoms. The molecule has 0 unspecified atom stereocenters. The van der Waals surface area contributed by atoms with Gasteiger partial charge in [-0.15, -0.1) is 0 Å². The summed E-state index contributed by atoms with van der Waals surface area (Å²) in [6.45, 7) is 6.23. The highest BCUT2D eigenvalue weighted by molar-refractivity contribution is 5.83. The Kier molecular flexibility index (Phi) is 6.48. The summed E-state index contributed by atoms with van der Waals surface area (Å²) < 4.78 is 14.5. The van der Waals surface area contributed by atoms with Gasteiger partial charge in [-0.25, -0.2) is 4.98 Å². The largest absolute Gasteiger partial charge is 0.493 e. The monoisotopic (exact) mass is 450 g/mol. The molecule has 5 rings (SSSR count). The summed E-state index contributed by atoms with van der Waals surface area (Å²) in [5.74, 6) is 2.78. The molecular weight excluding hydrogens is 420 g/mol.